The summed E-state index contributed by atoms with van der Waals surface area (Å²) in [6, 6.07) is 3.84. The molecule has 0 fully saturated rings. The molecular weight excluding hydrogens is 329 g/mol. The lowest BCUT2D eigenvalue weighted by Gasteiger charge is -2.07. The number of hydrogen-bond acceptors (Lipinski definition) is 5. The van der Waals surface area contributed by atoms with Crippen LogP contribution in [0, 0.1) is 5.82 Å². The van der Waals surface area contributed by atoms with Crippen molar-refractivity contribution in [3.8, 4) is 5.75 Å². The van der Waals surface area contributed by atoms with Crippen LogP contribution in [0.15, 0.2) is 18.2 Å². The third-order valence-corrected chi connectivity index (χ3v) is 3.85. The van der Waals surface area contributed by atoms with Crippen molar-refractivity contribution in [3.05, 3.63) is 34.0 Å². The molecule has 0 aliphatic rings. The van der Waals surface area contributed by atoms with Gasteiger partial charge in [0.25, 0.3) is 0 Å². The van der Waals surface area contributed by atoms with Gasteiger partial charge in [0.05, 0.1) is 18.1 Å². The Balaban J connectivity index is 1.77. The Morgan fingerprint density at radius 2 is 2.27 bits per heavy atom. The average molecular weight is 344 g/mol. The van der Waals surface area contributed by atoms with Gasteiger partial charge in [-0.05, 0) is 24.6 Å². The van der Waals surface area contributed by atoms with E-state index in [0.29, 0.717) is 10.9 Å². The summed E-state index contributed by atoms with van der Waals surface area (Å²) in [4.78, 5) is 11.8. The lowest BCUT2D eigenvalue weighted by molar-refractivity contribution is -0.116. The molecule has 1 amide bonds. The first-order chi connectivity index (χ1) is 10.6. The summed E-state index contributed by atoms with van der Waals surface area (Å²) in [5, 5.41) is 12.1. The highest BCUT2D eigenvalue weighted by atomic mass is 35.5. The zero-order valence-corrected chi connectivity index (χ0v) is 13.5. The van der Waals surface area contributed by atoms with Gasteiger partial charge in [0.2, 0.25) is 11.0 Å². The van der Waals surface area contributed by atoms with Crippen LogP contribution in [0.5, 0.6) is 5.75 Å². The number of carbonyl (C=O) groups excluding carboxylic acids is 1. The van der Waals surface area contributed by atoms with Crippen molar-refractivity contribution >= 4 is 34.0 Å². The maximum atomic E-state index is 12.9. The number of aryl methyl sites for hydroxylation is 1. The second-order valence-corrected chi connectivity index (χ2v) is 5.94. The molecule has 0 aliphatic carbocycles. The van der Waals surface area contributed by atoms with Gasteiger partial charge in [-0.25, -0.2) is 4.39 Å². The van der Waals surface area contributed by atoms with E-state index in [1.165, 1.54) is 23.5 Å². The fourth-order valence-electron chi connectivity index (χ4n) is 1.65. The van der Waals surface area contributed by atoms with Crippen LogP contribution in [-0.4, -0.2) is 22.7 Å². The van der Waals surface area contributed by atoms with Crippen molar-refractivity contribution in [2.75, 3.05) is 11.9 Å². The lowest BCUT2D eigenvalue weighted by atomic mass is 10.3. The van der Waals surface area contributed by atoms with E-state index >= 15 is 0 Å². The molecule has 0 unspecified atom stereocenters. The third-order valence-electron chi connectivity index (χ3n) is 2.66. The van der Waals surface area contributed by atoms with Gasteiger partial charge in [-0.1, -0.05) is 29.9 Å². The molecule has 1 N–H and O–H groups in total. The largest absolute Gasteiger partial charge is 0.491 e. The number of ether oxygens (including phenoxy) is 1. The predicted molar refractivity (Wildman–Crippen MR) is 84.1 cm³/mol. The smallest absolute Gasteiger partial charge is 0.229 e. The van der Waals surface area contributed by atoms with Crippen molar-refractivity contribution in [2.24, 2.45) is 0 Å². The van der Waals surface area contributed by atoms with Gasteiger partial charge in [-0.3, -0.25) is 4.79 Å². The number of aromatic nitrogens is 2. The van der Waals surface area contributed by atoms with Crippen molar-refractivity contribution in [3.63, 3.8) is 0 Å². The first-order valence-electron chi connectivity index (χ1n) is 6.78. The molecular formula is C14H15ClFN3O2S. The molecule has 8 heteroatoms. The zero-order valence-electron chi connectivity index (χ0n) is 11.9. The summed E-state index contributed by atoms with van der Waals surface area (Å²) in [6.45, 7) is 2.19. The van der Waals surface area contributed by atoms with Crippen LogP contribution in [0.2, 0.25) is 5.02 Å². The average Bonchev–Trinajstić information content (AvgIpc) is 2.89. The summed E-state index contributed by atoms with van der Waals surface area (Å²) in [5.41, 5.74) is 0. The van der Waals surface area contributed by atoms with Gasteiger partial charge in [-0.2, -0.15) is 0 Å². The van der Waals surface area contributed by atoms with Gasteiger partial charge in [0, 0.05) is 6.42 Å². The van der Waals surface area contributed by atoms with Gasteiger partial charge in [0.15, 0.2) is 0 Å². The highest BCUT2D eigenvalue weighted by Gasteiger charge is 2.09. The number of nitrogens with zero attached hydrogens (tertiary/aromatic N) is 2. The Morgan fingerprint density at radius 3 is 3.00 bits per heavy atom. The molecule has 1 aromatic heterocycles. The highest BCUT2D eigenvalue weighted by molar-refractivity contribution is 7.15. The molecule has 0 saturated carbocycles. The third kappa shape index (κ3) is 4.92. The van der Waals surface area contributed by atoms with E-state index in [-0.39, 0.29) is 24.0 Å². The van der Waals surface area contributed by atoms with Crippen molar-refractivity contribution in [2.45, 2.75) is 26.2 Å². The first kappa shape index (κ1) is 16.6. The molecule has 118 valence electrons. The van der Waals surface area contributed by atoms with E-state index in [1.807, 2.05) is 0 Å². The molecule has 0 aliphatic heterocycles. The lowest BCUT2D eigenvalue weighted by Crippen LogP contribution is -2.15. The molecule has 1 heterocycles. The molecule has 0 spiro atoms. The minimum absolute atomic E-state index is 0.135. The maximum absolute atomic E-state index is 12.9. The van der Waals surface area contributed by atoms with Crippen molar-refractivity contribution in [1.82, 2.24) is 10.2 Å². The minimum Gasteiger partial charge on any atom is -0.491 e. The molecule has 22 heavy (non-hydrogen) atoms. The maximum Gasteiger partial charge on any atom is 0.229 e. The van der Waals surface area contributed by atoms with E-state index in [0.717, 1.165) is 23.9 Å². The van der Waals surface area contributed by atoms with Gasteiger partial charge in [-0.15, -0.1) is 10.2 Å². The molecule has 2 aromatic rings. The number of amides is 1. The van der Waals surface area contributed by atoms with Crippen LogP contribution in [0.25, 0.3) is 0 Å². The molecule has 0 bridgehead atoms. The zero-order chi connectivity index (χ0) is 15.9. The van der Waals surface area contributed by atoms with E-state index in [2.05, 4.69) is 22.4 Å². The number of hydrogen-bond donors (Lipinski definition) is 1. The van der Waals surface area contributed by atoms with Gasteiger partial charge in [0.1, 0.15) is 16.6 Å². The van der Waals surface area contributed by atoms with Crippen LogP contribution in [0.4, 0.5) is 9.52 Å². The Morgan fingerprint density at radius 1 is 1.45 bits per heavy atom. The van der Waals surface area contributed by atoms with E-state index in [9.17, 15) is 9.18 Å². The SMILES string of the molecule is CCCc1nnc(NC(=O)CCOc2ccc(F)cc2Cl)s1. The van der Waals surface area contributed by atoms with Gasteiger partial charge >= 0.3 is 0 Å². The van der Waals surface area contributed by atoms with Gasteiger partial charge < -0.3 is 10.1 Å². The van der Waals surface area contributed by atoms with E-state index < -0.39 is 5.82 Å². The van der Waals surface area contributed by atoms with E-state index in [1.54, 1.807) is 0 Å². The number of nitrogens with one attached hydrogen (secondary N) is 1. The minimum atomic E-state index is -0.436. The molecule has 1 aromatic carbocycles. The first-order valence-corrected chi connectivity index (χ1v) is 7.98. The molecule has 5 nitrogen and oxygen atoms in total. The topological polar surface area (TPSA) is 64.1 Å². The van der Waals surface area contributed by atoms with Crippen LogP contribution in [0.3, 0.4) is 0 Å². The fourth-order valence-corrected chi connectivity index (χ4v) is 2.73. The summed E-state index contributed by atoms with van der Waals surface area (Å²) in [6.07, 6.45) is 1.96. The second kappa shape index (κ2) is 8.05. The molecule has 0 saturated heterocycles. The summed E-state index contributed by atoms with van der Waals surface area (Å²) >= 11 is 7.19. The Labute approximate surface area is 136 Å². The number of halogens is 2. The number of anilines is 1. The monoisotopic (exact) mass is 343 g/mol. The van der Waals surface area contributed by atoms with Crippen LogP contribution in [-0.2, 0) is 11.2 Å². The Bertz CT molecular complexity index is 651. The summed E-state index contributed by atoms with van der Waals surface area (Å²) < 4.78 is 18.2. The van der Waals surface area contributed by atoms with Crippen LogP contribution in [0.1, 0.15) is 24.8 Å². The molecule has 0 atom stereocenters. The van der Waals surface area contributed by atoms with Crippen LogP contribution >= 0.6 is 22.9 Å². The van der Waals surface area contributed by atoms with Crippen molar-refractivity contribution in [1.29, 1.82) is 0 Å². The summed E-state index contributed by atoms with van der Waals surface area (Å²) in [7, 11) is 0. The second-order valence-electron chi connectivity index (χ2n) is 4.47. The highest BCUT2D eigenvalue weighted by Crippen LogP contribution is 2.25. The predicted octanol–water partition coefficient (Wildman–Crippen LogP) is 3.69. The number of benzene rings is 1. The number of rotatable bonds is 7. The summed E-state index contributed by atoms with van der Waals surface area (Å²) in [5.74, 6) is -0.316. The standard InChI is InChI=1S/C14H15ClFN3O2S/c1-2-3-13-18-19-14(22-13)17-12(20)6-7-21-11-5-4-9(16)8-10(11)15/h4-5,8H,2-3,6-7H2,1H3,(H,17,19,20). The normalized spacial score (nSPS) is 10.5. The van der Waals surface area contributed by atoms with Crippen LogP contribution < -0.4 is 10.1 Å². The Kier molecular flexibility index (Phi) is 6.09. The quantitative estimate of drug-likeness (QED) is 0.832. The number of carbonyl (C=O) groups is 1. The Hall–Kier alpha value is -1.73. The van der Waals surface area contributed by atoms with Crippen molar-refractivity contribution < 1.29 is 13.9 Å². The molecule has 2 rings (SSSR count). The van der Waals surface area contributed by atoms with E-state index in [4.69, 9.17) is 16.3 Å². The fraction of sp³-hybridized carbons (Fsp3) is 0.357. The molecule has 0 radical (unpaired) electrons.